The molecule has 1 saturated heterocycles. The zero-order chi connectivity index (χ0) is 17.6. The number of imidazole rings is 1. The molecule has 0 radical (unpaired) electrons. The highest BCUT2D eigenvalue weighted by atomic mass is 32.1. The van der Waals surface area contributed by atoms with Gasteiger partial charge in [-0.15, -0.1) is 0 Å². The summed E-state index contributed by atoms with van der Waals surface area (Å²) in [7, 11) is 1.84. The molecule has 0 saturated carbocycles. The second kappa shape index (κ2) is 8.28. The number of anilines is 1. The van der Waals surface area contributed by atoms with Crippen molar-refractivity contribution in [1.29, 1.82) is 0 Å². The van der Waals surface area contributed by atoms with Gasteiger partial charge in [0.1, 0.15) is 11.6 Å². The van der Waals surface area contributed by atoms with E-state index in [2.05, 4.69) is 45.9 Å². The van der Waals surface area contributed by atoms with E-state index in [1.54, 1.807) is 0 Å². The number of aromatic nitrogens is 4. The summed E-state index contributed by atoms with van der Waals surface area (Å²) in [6.07, 6.45) is 4.73. The Hall–Kier alpha value is -2.16. The van der Waals surface area contributed by atoms with Crippen molar-refractivity contribution in [3.05, 3.63) is 24.0 Å². The van der Waals surface area contributed by atoms with E-state index in [1.807, 2.05) is 26.4 Å². The second-order valence-electron chi connectivity index (χ2n) is 5.96. The lowest BCUT2D eigenvalue weighted by molar-refractivity contribution is 0.371. The Labute approximate surface area is 152 Å². The van der Waals surface area contributed by atoms with Gasteiger partial charge in [-0.2, -0.15) is 4.37 Å². The predicted molar refractivity (Wildman–Crippen MR) is 101 cm³/mol. The topological polar surface area (TPSA) is 74.5 Å². The fraction of sp³-hybridized carbons (Fsp3) is 0.625. The third-order valence-electron chi connectivity index (χ3n) is 4.39. The molecule has 1 aliphatic rings. The van der Waals surface area contributed by atoms with Crippen molar-refractivity contribution in [2.45, 2.75) is 26.8 Å². The molecule has 0 bridgehead atoms. The number of hydrogen-bond acceptors (Lipinski definition) is 6. The quantitative estimate of drug-likeness (QED) is 0.632. The van der Waals surface area contributed by atoms with Gasteiger partial charge >= 0.3 is 0 Å². The van der Waals surface area contributed by atoms with Crippen molar-refractivity contribution in [2.24, 2.45) is 4.99 Å². The van der Waals surface area contributed by atoms with Crippen molar-refractivity contribution in [3.8, 4) is 0 Å². The Bertz CT molecular complexity index is 699. The Kier molecular flexibility index (Phi) is 5.85. The van der Waals surface area contributed by atoms with Gasteiger partial charge in [-0.05, 0) is 6.92 Å². The number of nitrogens with one attached hydrogen (secondary N) is 1. The number of aryl methyl sites for hydroxylation is 2. The lowest BCUT2D eigenvalue weighted by atomic mass is 10.3. The monoisotopic (exact) mass is 362 g/mol. The van der Waals surface area contributed by atoms with Crippen LogP contribution in [-0.2, 0) is 13.0 Å². The van der Waals surface area contributed by atoms with Crippen molar-refractivity contribution in [1.82, 2.24) is 29.1 Å². The zero-order valence-corrected chi connectivity index (χ0v) is 16.0. The number of rotatable bonds is 5. The Morgan fingerprint density at radius 3 is 2.72 bits per heavy atom. The molecule has 0 unspecified atom stereocenters. The molecule has 1 aliphatic heterocycles. The molecule has 8 nitrogen and oxygen atoms in total. The average Bonchev–Trinajstić information content (AvgIpc) is 3.28. The maximum atomic E-state index is 4.59. The maximum absolute atomic E-state index is 4.59. The van der Waals surface area contributed by atoms with Crippen LogP contribution >= 0.6 is 11.5 Å². The summed E-state index contributed by atoms with van der Waals surface area (Å²) in [5, 5.41) is 4.49. The molecule has 0 spiro atoms. The molecule has 0 aromatic carbocycles. The summed E-state index contributed by atoms with van der Waals surface area (Å²) >= 11 is 1.50. The summed E-state index contributed by atoms with van der Waals surface area (Å²) in [6.45, 7) is 9.58. The van der Waals surface area contributed by atoms with Crippen LogP contribution in [0.15, 0.2) is 17.4 Å². The molecule has 1 fully saturated rings. The molecular formula is C16H26N8S. The summed E-state index contributed by atoms with van der Waals surface area (Å²) in [6, 6.07) is 0. The van der Waals surface area contributed by atoms with Crippen LogP contribution in [0.1, 0.15) is 18.6 Å². The number of piperazine rings is 1. The highest BCUT2D eigenvalue weighted by Gasteiger charge is 2.21. The molecule has 0 atom stereocenters. The zero-order valence-electron chi connectivity index (χ0n) is 15.1. The molecule has 0 amide bonds. The van der Waals surface area contributed by atoms with Crippen LogP contribution < -0.4 is 10.2 Å². The fourth-order valence-corrected chi connectivity index (χ4v) is 3.69. The Balaban J connectivity index is 1.47. The van der Waals surface area contributed by atoms with E-state index in [4.69, 9.17) is 0 Å². The van der Waals surface area contributed by atoms with E-state index in [1.165, 1.54) is 11.5 Å². The third kappa shape index (κ3) is 4.28. The van der Waals surface area contributed by atoms with Gasteiger partial charge in [-0.1, -0.05) is 6.92 Å². The Morgan fingerprint density at radius 2 is 2.12 bits per heavy atom. The minimum Gasteiger partial charge on any atom is -0.354 e. The summed E-state index contributed by atoms with van der Waals surface area (Å²) in [4.78, 5) is 17.9. The summed E-state index contributed by atoms with van der Waals surface area (Å²) < 4.78 is 6.52. The summed E-state index contributed by atoms with van der Waals surface area (Å²) in [5.74, 6) is 2.94. The van der Waals surface area contributed by atoms with Crippen LogP contribution in [-0.4, -0.2) is 69.5 Å². The van der Waals surface area contributed by atoms with E-state index in [0.717, 1.165) is 68.4 Å². The normalized spacial score (nSPS) is 15.7. The van der Waals surface area contributed by atoms with Crippen molar-refractivity contribution < 1.29 is 0 Å². The second-order valence-corrected chi connectivity index (χ2v) is 6.69. The number of nitrogens with zero attached hydrogens (tertiary/aromatic N) is 7. The van der Waals surface area contributed by atoms with Gasteiger partial charge in [0.05, 0.1) is 0 Å². The molecule has 25 heavy (non-hydrogen) atoms. The van der Waals surface area contributed by atoms with Gasteiger partial charge in [-0.3, -0.25) is 4.99 Å². The van der Waals surface area contributed by atoms with E-state index in [-0.39, 0.29) is 0 Å². The molecule has 2 aromatic heterocycles. The number of hydrogen-bond donors (Lipinski definition) is 1. The SMILES string of the molecule is CCc1nsc(N2CCN(C(=NC)NCCn3ccnc3C)CC2)n1. The van der Waals surface area contributed by atoms with E-state index < -0.39 is 0 Å². The maximum Gasteiger partial charge on any atom is 0.205 e. The fourth-order valence-electron chi connectivity index (χ4n) is 2.89. The number of guanidine groups is 1. The molecule has 0 aliphatic carbocycles. The van der Waals surface area contributed by atoms with Crippen molar-refractivity contribution in [3.63, 3.8) is 0 Å². The molecule has 3 rings (SSSR count). The van der Waals surface area contributed by atoms with Crippen LogP contribution in [0.2, 0.25) is 0 Å². The molecule has 3 heterocycles. The van der Waals surface area contributed by atoms with Crippen LogP contribution in [0.25, 0.3) is 0 Å². The van der Waals surface area contributed by atoms with Crippen LogP contribution in [0.3, 0.4) is 0 Å². The lowest BCUT2D eigenvalue weighted by Gasteiger charge is -2.36. The highest BCUT2D eigenvalue weighted by Crippen LogP contribution is 2.19. The highest BCUT2D eigenvalue weighted by molar-refractivity contribution is 7.09. The van der Waals surface area contributed by atoms with Gasteiger partial charge < -0.3 is 19.7 Å². The molecular weight excluding hydrogens is 336 g/mol. The first-order valence-corrected chi connectivity index (χ1v) is 9.49. The van der Waals surface area contributed by atoms with Gasteiger partial charge in [-0.25, -0.2) is 9.97 Å². The van der Waals surface area contributed by atoms with Crippen molar-refractivity contribution in [2.75, 3.05) is 44.7 Å². The molecule has 9 heteroatoms. The third-order valence-corrected chi connectivity index (χ3v) is 5.21. The minimum absolute atomic E-state index is 0.834. The number of aliphatic imine (C=N–C) groups is 1. The summed E-state index contributed by atoms with van der Waals surface area (Å²) in [5.41, 5.74) is 0. The largest absolute Gasteiger partial charge is 0.354 e. The van der Waals surface area contributed by atoms with Crippen LogP contribution in [0.4, 0.5) is 5.13 Å². The van der Waals surface area contributed by atoms with E-state index in [9.17, 15) is 0 Å². The molecule has 1 N–H and O–H groups in total. The van der Waals surface area contributed by atoms with Gasteiger partial charge in [0.2, 0.25) is 5.13 Å². The van der Waals surface area contributed by atoms with Crippen molar-refractivity contribution >= 4 is 22.6 Å². The van der Waals surface area contributed by atoms with E-state index >= 15 is 0 Å². The predicted octanol–water partition coefficient (Wildman–Crippen LogP) is 1.00. The Morgan fingerprint density at radius 1 is 1.32 bits per heavy atom. The smallest absolute Gasteiger partial charge is 0.205 e. The average molecular weight is 363 g/mol. The van der Waals surface area contributed by atoms with Crippen LogP contribution in [0.5, 0.6) is 0 Å². The van der Waals surface area contributed by atoms with E-state index in [0.29, 0.717) is 0 Å². The first-order chi connectivity index (χ1) is 12.2. The van der Waals surface area contributed by atoms with Crippen LogP contribution in [0, 0.1) is 6.92 Å². The van der Waals surface area contributed by atoms with Gasteiger partial charge in [0.25, 0.3) is 0 Å². The van der Waals surface area contributed by atoms with Gasteiger partial charge in [0.15, 0.2) is 5.96 Å². The minimum atomic E-state index is 0.834. The van der Waals surface area contributed by atoms with Gasteiger partial charge in [0, 0.05) is 76.7 Å². The first kappa shape index (κ1) is 17.7. The standard InChI is InChI=1S/C16H26N8S/c1-4-14-20-16(25-21-14)24-11-9-23(10-12-24)15(17-3)19-6-8-22-7-5-18-13(22)2/h5,7H,4,6,8-12H2,1-3H3,(H,17,19). The first-order valence-electron chi connectivity index (χ1n) is 8.72. The molecule has 2 aromatic rings. The molecule has 136 valence electrons. The lowest BCUT2D eigenvalue weighted by Crippen LogP contribution is -2.52.